The van der Waals surface area contributed by atoms with Crippen molar-refractivity contribution in [3.05, 3.63) is 29.3 Å². The molecule has 1 spiro atoms. The smallest absolute Gasteiger partial charge is 0.222 e. The van der Waals surface area contributed by atoms with Crippen molar-refractivity contribution in [3.63, 3.8) is 0 Å². The first kappa shape index (κ1) is 21.1. The van der Waals surface area contributed by atoms with Crippen molar-refractivity contribution in [2.45, 2.75) is 45.6 Å². The van der Waals surface area contributed by atoms with Crippen LogP contribution < -0.4 is 4.74 Å². The Hall–Kier alpha value is -1.59. The van der Waals surface area contributed by atoms with Crippen molar-refractivity contribution >= 4 is 5.91 Å². The molecule has 2 aliphatic rings. The summed E-state index contributed by atoms with van der Waals surface area (Å²) >= 11 is 0. The van der Waals surface area contributed by atoms with E-state index in [9.17, 15) is 4.79 Å². The Morgan fingerprint density at radius 2 is 1.93 bits per heavy atom. The molecule has 5 heteroatoms. The summed E-state index contributed by atoms with van der Waals surface area (Å²) in [7, 11) is 5.91. The number of benzene rings is 1. The lowest BCUT2D eigenvalue weighted by Gasteiger charge is -2.47. The van der Waals surface area contributed by atoms with Gasteiger partial charge in [-0.15, -0.1) is 0 Å². The molecule has 28 heavy (non-hydrogen) atoms. The van der Waals surface area contributed by atoms with Crippen LogP contribution in [0, 0.1) is 12.3 Å². The Morgan fingerprint density at radius 3 is 2.57 bits per heavy atom. The molecule has 1 aromatic rings. The first-order chi connectivity index (χ1) is 13.4. The van der Waals surface area contributed by atoms with E-state index < -0.39 is 0 Å². The van der Waals surface area contributed by atoms with Crippen molar-refractivity contribution < 1.29 is 9.53 Å². The molecule has 5 nitrogen and oxygen atoms in total. The van der Waals surface area contributed by atoms with Gasteiger partial charge in [-0.2, -0.15) is 0 Å². The molecule has 0 unspecified atom stereocenters. The van der Waals surface area contributed by atoms with Crippen molar-refractivity contribution in [1.29, 1.82) is 0 Å². The van der Waals surface area contributed by atoms with Gasteiger partial charge >= 0.3 is 0 Å². The van der Waals surface area contributed by atoms with Gasteiger partial charge in [-0.3, -0.25) is 9.69 Å². The van der Waals surface area contributed by atoms with Crippen molar-refractivity contribution in [2.75, 3.05) is 53.9 Å². The van der Waals surface area contributed by atoms with Crippen LogP contribution in [0.4, 0.5) is 0 Å². The summed E-state index contributed by atoms with van der Waals surface area (Å²) < 4.78 is 5.33. The monoisotopic (exact) mass is 387 g/mol. The molecule has 1 aromatic carbocycles. The summed E-state index contributed by atoms with van der Waals surface area (Å²) in [5, 5.41) is 0. The number of carbonyl (C=O) groups excluding carboxylic acids is 1. The van der Waals surface area contributed by atoms with E-state index in [0.717, 1.165) is 64.3 Å². The lowest BCUT2D eigenvalue weighted by molar-refractivity contribution is -0.139. The lowest BCUT2D eigenvalue weighted by Crippen LogP contribution is -2.51. The highest BCUT2D eigenvalue weighted by atomic mass is 16.5. The van der Waals surface area contributed by atoms with Gasteiger partial charge in [0.15, 0.2) is 0 Å². The number of ether oxygens (including phenoxy) is 1. The Kier molecular flexibility index (Phi) is 7.00. The van der Waals surface area contributed by atoms with Gasteiger partial charge in [-0.25, -0.2) is 0 Å². The number of likely N-dealkylation sites (tertiary alicyclic amines) is 2. The van der Waals surface area contributed by atoms with Gasteiger partial charge in [0.1, 0.15) is 5.75 Å². The molecule has 156 valence electrons. The number of hydrogen-bond acceptors (Lipinski definition) is 4. The molecule has 1 amide bonds. The summed E-state index contributed by atoms with van der Waals surface area (Å²) in [6, 6.07) is 6.38. The molecule has 0 aliphatic carbocycles. The third-order valence-corrected chi connectivity index (χ3v) is 6.64. The average Bonchev–Trinajstić information content (AvgIpc) is 2.68. The maximum Gasteiger partial charge on any atom is 0.222 e. The normalized spacial score (nSPS) is 20.2. The number of methoxy groups -OCH3 is 1. The van der Waals surface area contributed by atoms with E-state index in [-0.39, 0.29) is 0 Å². The number of nitrogens with zero attached hydrogens (tertiary/aromatic N) is 3. The minimum atomic E-state index is 0.345. The molecular weight excluding hydrogens is 350 g/mol. The van der Waals surface area contributed by atoms with Gasteiger partial charge in [0.2, 0.25) is 5.91 Å². The number of hydrogen-bond donors (Lipinski definition) is 0. The maximum atomic E-state index is 12.4. The van der Waals surface area contributed by atoms with Crippen molar-refractivity contribution in [1.82, 2.24) is 14.7 Å². The second kappa shape index (κ2) is 9.27. The predicted molar refractivity (Wildman–Crippen MR) is 114 cm³/mol. The highest BCUT2D eigenvalue weighted by Gasteiger charge is 2.40. The summed E-state index contributed by atoms with van der Waals surface area (Å²) in [4.78, 5) is 19.3. The SMILES string of the molecule is COc1ccc(CN2CCC3(CCC(=O)N(CCCN(C)C)C3)CC2)c(C)c1. The van der Waals surface area contributed by atoms with E-state index in [0.29, 0.717) is 11.3 Å². The van der Waals surface area contributed by atoms with Gasteiger partial charge < -0.3 is 14.5 Å². The molecule has 0 saturated carbocycles. The number of carbonyl (C=O) groups is 1. The van der Waals surface area contributed by atoms with Crippen LogP contribution in [0.2, 0.25) is 0 Å². The Morgan fingerprint density at radius 1 is 1.18 bits per heavy atom. The van der Waals surface area contributed by atoms with Crippen LogP contribution in [-0.4, -0.2) is 74.5 Å². The van der Waals surface area contributed by atoms with Crippen molar-refractivity contribution in [3.8, 4) is 5.75 Å². The van der Waals surface area contributed by atoms with Crippen LogP contribution in [0.3, 0.4) is 0 Å². The fourth-order valence-electron chi connectivity index (χ4n) is 4.69. The van der Waals surface area contributed by atoms with E-state index in [1.54, 1.807) is 7.11 Å². The van der Waals surface area contributed by atoms with Gasteiger partial charge in [-0.1, -0.05) is 6.07 Å². The predicted octanol–water partition coefficient (Wildman–Crippen LogP) is 3.16. The second-order valence-electron chi connectivity index (χ2n) is 9.04. The zero-order valence-electron chi connectivity index (χ0n) is 18.2. The minimum Gasteiger partial charge on any atom is -0.497 e. The molecule has 0 aromatic heterocycles. The highest BCUT2D eigenvalue weighted by Crippen LogP contribution is 2.40. The van der Waals surface area contributed by atoms with E-state index >= 15 is 0 Å². The topological polar surface area (TPSA) is 36.0 Å². The molecule has 0 radical (unpaired) electrons. The van der Waals surface area contributed by atoms with Crippen LogP contribution in [0.1, 0.15) is 43.2 Å². The zero-order valence-corrected chi connectivity index (χ0v) is 18.2. The Labute approximate surface area is 170 Å². The molecule has 0 atom stereocenters. The van der Waals surface area contributed by atoms with Crippen LogP contribution in [0.25, 0.3) is 0 Å². The van der Waals surface area contributed by atoms with Crippen LogP contribution in [0.15, 0.2) is 18.2 Å². The molecule has 2 saturated heterocycles. The quantitative estimate of drug-likeness (QED) is 0.720. The third kappa shape index (κ3) is 5.26. The minimum absolute atomic E-state index is 0.345. The molecule has 0 N–H and O–H groups in total. The third-order valence-electron chi connectivity index (χ3n) is 6.64. The number of amides is 1. The van der Waals surface area contributed by atoms with Crippen LogP contribution in [0.5, 0.6) is 5.75 Å². The first-order valence-corrected chi connectivity index (χ1v) is 10.7. The number of aryl methyl sites for hydroxylation is 1. The second-order valence-corrected chi connectivity index (χ2v) is 9.04. The van der Waals surface area contributed by atoms with Crippen LogP contribution >= 0.6 is 0 Å². The molecule has 3 rings (SSSR count). The average molecular weight is 388 g/mol. The zero-order chi connectivity index (χ0) is 20.1. The van der Waals surface area contributed by atoms with Gasteiger partial charge in [0.05, 0.1) is 7.11 Å². The van der Waals surface area contributed by atoms with E-state index in [1.165, 1.54) is 24.0 Å². The van der Waals surface area contributed by atoms with Crippen LogP contribution in [-0.2, 0) is 11.3 Å². The standard InChI is InChI=1S/C23H37N3O2/c1-19-16-21(28-4)7-6-20(19)17-25-14-10-23(11-15-25)9-8-22(27)26(18-23)13-5-12-24(2)3/h6-7,16H,5,8-15,17-18H2,1-4H3. The fourth-order valence-corrected chi connectivity index (χ4v) is 4.69. The number of piperidine rings is 2. The van der Waals surface area contributed by atoms with E-state index in [4.69, 9.17) is 4.74 Å². The van der Waals surface area contributed by atoms with Gasteiger partial charge in [0.25, 0.3) is 0 Å². The molecule has 0 bridgehead atoms. The Bertz CT molecular complexity index is 666. The lowest BCUT2D eigenvalue weighted by atomic mass is 9.72. The highest BCUT2D eigenvalue weighted by molar-refractivity contribution is 5.77. The molecule has 2 heterocycles. The summed E-state index contributed by atoms with van der Waals surface area (Å²) in [6.45, 7) is 8.36. The molecule has 2 fully saturated rings. The first-order valence-electron chi connectivity index (χ1n) is 10.7. The fraction of sp³-hybridized carbons (Fsp3) is 0.696. The number of rotatable bonds is 7. The van der Waals surface area contributed by atoms with Gasteiger partial charge in [0, 0.05) is 26.1 Å². The summed E-state index contributed by atoms with van der Waals surface area (Å²) in [5.74, 6) is 1.29. The maximum absolute atomic E-state index is 12.4. The summed E-state index contributed by atoms with van der Waals surface area (Å²) in [6.07, 6.45) is 5.29. The Balaban J connectivity index is 1.53. The summed E-state index contributed by atoms with van der Waals surface area (Å²) in [5.41, 5.74) is 3.04. The van der Waals surface area contributed by atoms with Crippen molar-refractivity contribution in [2.24, 2.45) is 5.41 Å². The molecule has 2 aliphatic heterocycles. The van der Waals surface area contributed by atoms with E-state index in [2.05, 4.69) is 53.9 Å². The largest absolute Gasteiger partial charge is 0.497 e. The van der Waals surface area contributed by atoms with Gasteiger partial charge in [-0.05, 0) is 95.0 Å². The van der Waals surface area contributed by atoms with E-state index in [1.807, 2.05) is 0 Å². The molecular formula is C23H37N3O2.